The summed E-state index contributed by atoms with van der Waals surface area (Å²) in [5.41, 5.74) is 1.13. The number of carbonyl (C=O) groups excluding carboxylic acids is 1. The summed E-state index contributed by atoms with van der Waals surface area (Å²) >= 11 is 0. The zero-order valence-corrected chi connectivity index (χ0v) is 17.4. The molecule has 0 bridgehead atoms. The van der Waals surface area contributed by atoms with Crippen LogP contribution in [0.4, 0.5) is 4.79 Å². The highest BCUT2D eigenvalue weighted by atomic mass is 16.5. The Bertz CT molecular complexity index is 739. The van der Waals surface area contributed by atoms with E-state index < -0.39 is 0 Å². The van der Waals surface area contributed by atoms with Crippen molar-refractivity contribution in [1.29, 1.82) is 0 Å². The number of amides is 1. The van der Waals surface area contributed by atoms with Gasteiger partial charge in [0.2, 0.25) is 0 Å². The largest absolute Gasteiger partial charge is 0.450 e. The third-order valence-corrected chi connectivity index (χ3v) is 5.73. The molecule has 0 aliphatic carbocycles. The number of fused-ring (bicyclic) bond motifs is 1. The predicted octanol–water partition coefficient (Wildman–Crippen LogP) is 4.82. The molecule has 0 fully saturated rings. The number of ether oxygens (including phenoxy) is 1. The lowest BCUT2D eigenvalue weighted by molar-refractivity contribution is 0.144. The summed E-state index contributed by atoms with van der Waals surface area (Å²) in [7, 11) is 2.15. The van der Waals surface area contributed by atoms with Gasteiger partial charge < -0.3 is 15.0 Å². The van der Waals surface area contributed by atoms with Crippen molar-refractivity contribution in [3.63, 3.8) is 0 Å². The highest BCUT2D eigenvalue weighted by Gasteiger charge is 2.37. The van der Waals surface area contributed by atoms with Crippen LogP contribution >= 0.6 is 0 Å². The molecule has 0 aliphatic heterocycles. The molecule has 2 aromatic rings. The monoisotopic (exact) mass is 370 g/mol. The van der Waals surface area contributed by atoms with Crippen LogP contribution in [-0.2, 0) is 10.2 Å². The zero-order valence-electron chi connectivity index (χ0n) is 17.4. The number of carbonyl (C=O) groups is 1. The molecule has 0 spiro atoms. The molecule has 1 unspecified atom stereocenters. The van der Waals surface area contributed by atoms with Crippen molar-refractivity contribution in [2.45, 2.75) is 39.5 Å². The first-order valence-corrected chi connectivity index (χ1v) is 10.0. The van der Waals surface area contributed by atoms with Crippen LogP contribution in [0.5, 0.6) is 0 Å². The Kier molecular flexibility index (Phi) is 7.66. The SMILES string of the molecule is CCOC(=O)NCC(CCN(C)CC)(c1cccc2ccccc12)C(C)C. The van der Waals surface area contributed by atoms with E-state index in [9.17, 15) is 4.79 Å². The van der Waals surface area contributed by atoms with Crippen molar-refractivity contribution in [3.8, 4) is 0 Å². The van der Waals surface area contributed by atoms with Gasteiger partial charge in [-0.1, -0.05) is 63.2 Å². The molecule has 0 heterocycles. The lowest BCUT2D eigenvalue weighted by Crippen LogP contribution is -2.46. The fourth-order valence-corrected chi connectivity index (χ4v) is 3.74. The number of hydrogen-bond acceptors (Lipinski definition) is 3. The number of nitrogens with one attached hydrogen (secondary N) is 1. The molecule has 148 valence electrons. The van der Waals surface area contributed by atoms with Gasteiger partial charge in [-0.3, -0.25) is 0 Å². The average molecular weight is 371 g/mol. The maximum atomic E-state index is 12.1. The molecular formula is C23H34N2O2. The summed E-state index contributed by atoms with van der Waals surface area (Å²) in [6.07, 6.45) is 0.627. The highest BCUT2D eigenvalue weighted by Crippen LogP contribution is 2.39. The topological polar surface area (TPSA) is 41.6 Å². The van der Waals surface area contributed by atoms with Gasteiger partial charge in [0.25, 0.3) is 0 Å². The first kappa shape index (κ1) is 21.2. The molecule has 1 amide bonds. The lowest BCUT2D eigenvalue weighted by atomic mass is 9.67. The number of rotatable bonds is 9. The van der Waals surface area contributed by atoms with Gasteiger partial charge in [0.1, 0.15) is 0 Å². The van der Waals surface area contributed by atoms with E-state index in [-0.39, 0.29) is 11.5 Å². The van der Waals surface area contributed by atoms with Crippen molar-refractivity contribution in [2.24, 2.45) is 5.92 Å². The molecule has 0 saturated carbocycles. The van der Waals surface area contributed by atoms with Gasteiger partial charge in [-0.15, -0.1) is 0 Å². The molecule has 0 saturated heterocycles. The average Bonchev–Trinajstić information content (AvgIpc) is 2.67. The second-order valence-electron chi connectivity index (χ2n) is 7.56. The number of benzene rings is 2. The Hall–Kier alpha value is -2.07. The Labute approximate surface area is 163 Å². The van der Waals surface area contributed by atoms with Crippen LogP contribution in [0.1, 0.15) is 39.7 Å². The van der Waals surface area contributed by atoms with Crippen LogP contribution in [0.3, 0.4) is 0 Å². The molecule has 4 heteroatoms. The minimum absolute atomic E-state index is 0.170. The summed E-state index contributed by atoms with van der Waals surface area (Å²) in [6, 6.07) is 15.0. The smallest absolute Gasteiger partial charge is 0.407 e. The summed E-state index contributed by atoms with van der Waals surface area (Å²) in [6.45, 7) is 11.4. The number of alkyl carbamates (subject to hydrolysis) is 1. The lowest BCUT2D eigenvalue weighted by Gasteiger charge is -2.40. The molecule has 0 aliphatic rings. The second kappa shape index (κ2) is 9.75. The maximum absolute atomic E-state index is 12.1. The van der Waals surface area contributed by atoms with Crippen LogP contribution in [0.25, 0.3) is 10.8 Å². The third-order valence-electron chi connectivity index (χ3n) is 5.73. The highest BCUT2D eigenvalue weighted by molar-refractivity contribution is 5.86. The van der Waals surface area contributed by atoms with Crippen LogP contribution in [0.15, 0.2) is 42.5 Å². The van der Waals surface area contributed by atoms with Gasteiger partial charge >= 0.3 is 6.09 Å². The molecule has 1 atom stereocenters. The quantitative estimate of drug-likeness (QED) is 0.688. The van der Waals surface area contributed by atoms with Crippen LogP contribution in [0, 0.1) is 5.92 Å². The molecule has 1 N–H and O–H groups in total. The van der Waals surface area contributed by atoms with E-state index in [0.29, 0.717) is 19.1 Å². The first-order valence-electron chi connectivity index (χ1n) is 10.0. The van der Waals surface area contributed by atoms with Crippen molar-refractivity contribution in [1.82, 2.24) is 10.2 Å². The minimum Gasteiger partial charge on any atom is -0.450 e. The maximum Gasteiger partial charge on any atom is 0.407 e. The van der Waals surface area contributed by atoms with Gasteiger partial charge in [0, 0.05) is 12.0 Å². The zero-order chi connectivity index (χ0) is 19.9. The van der Waals surface area contributed by atoms with E-state index in [0.717, 1.165) is 19.5 Å². The van der Waals surface area contributed by atoms with E-state index in [1.165, 1.54) is 16.3 Å². The Morgan fingerprint density at radius 1 is 1.15 bits per heavy atom. The summed E-state index contributed by atoms with van der Waals surface area (Å²) in [4.78, 5) is 14.4. The van der Waals surface area contributed by atoms with Gasteiger partial charge in [-0.2, -0.15) is 0 Å². The molecule has 27 heavy (non-hydrogen) atoms. The van der Waals surface area contributed by atoms with Crippen molar-refractivity contribution in [2.75, 3.05) is 33.3 Å². The molecule has 0 radical (unpaired) electrons. The minimum atomic E-state index is -0.341. The number of nitrogens with zero attached hydrogens (tertiary/aromatic N) is 1. The predicted molar refractivity (Wildman–Crippen MR) is 113 cm³/mol. The molecule has 0 aromatic heterocycles. The Balaban J connectivity index is 2.49. The normalized spacial score (nSPS) is 13.7. The van der Waals surface area contributed by atoms with E-state index in [2.05, 4.69) is 80.5 Å². The first-order chi connectivity index (χ1) is 12.9. The fourth-order valence-electron chi connectivity index (χ4n) is 3.74. The van der Waals surface area contributed by atoms with E-state index in [1.54, 1.807) is 0 Å². The van der Waals surface area contributed by atoms with Crippen LogP contribution < -0.4 is 5.32 Å². The van der Waals surface area contributed by atoms with E-state index in [4.69, 9.17) is 4.74 Å². The summed E-state index contributed by atoms with van der Waals surface area (Å²) < 4.78 is 5.13. The fraction of sp³-hybridized carbons (Fsp3) is 0.522. The van der Waals surface area contributed by atoms with Crippen molar-refractivity contribution in [3.05, 3.63) is 48.0 Å². The van der Waals surface area contributed by atoms with Crippen molar-refractivity contribution < 1.29 is 9.53 Å². The van der Waals surface area contributed by atoms with Crippen molar-refractivity contribution >= 4 is 16.9 Å². The van der Waals surface area contributed by atoms with Gasteiger partial charge in [-0.25, -0.2) is 4.79 Å². The summed E-state index contributed by atoms with van der Waals surface area (Å²) in [5, 5.41) is 5.53. The van der Waals surface area contributed by atoms with Gasteiger partial charge in [0.15, 0.2) is 0 Å². The third kappa shape index (κ3) is 5.01. The number of hydrogen-bond donors (Lipinski definition) is 1. The van der Waals surface area contributed by atoms with Crippen LogP contribution in [0.2, 0.25) is 0 Å². The Morgan fingerprint density at radius 2 is 1.85 bits per heavy atom. The van der Waals surface area contributed by atoms with E-state index >= 15 is 0 Å². The second-order valence-corrected chi connectivity index (χ2v) is 7.56. The van der Waals surface area contributed by atoms with Gasteiger partial charge in [0.05, 0.1) is 6.61 Å². The molecule has 2 rings (SSSR count). The molecular weight excluding hydrogens is 336 g/mol. The standard InChI is InChI=1S/C23H34N2O2/c1-6-25(5)16-15-23(18(3)4,17-24-22(26)27-7-2)21-14-10-12-19-11-8-9-13-20(19)21/h8-14,18H,6-7,15-17H2,1-5H3,(H,24,26). The van der Waals surface area contributed by atoms with Gasteiger partial charge in [-0.05, 0) is 55.7 Å². The Morgan fingerprint density at radius 3 is 2.52 bits per heavy atom. The van der Waals surface area contributed by atoms with E-state index in [1.807, 2.05) is 6.92 Å². The molecule has 4 nitrogen and oxygen atoms in total. The summed E-state index contributed by atoms with van der Waals surface area (Å²) in [5.74, 6) is 0.357. The molecule has 2 aromatic carbocycles. The van der Waals surface area contributed by atoms with Crippen LogP contribution in [-0.4, -0.2) is 44.3 Å².